The topological polar surface area (TPSA) is 116 Å². The molecule has 2 aromatic heterocycles. The maximum absolute atomic E-state index is 12.3. The number of thiazole rings is 1. The van der Waals surface area contributed by atoms with Gasteiger partial charge in [-0.15, -0.1) is 11.3 Å². The summed E-state index contributed by atoms with van der Waals surface area (Å²) in [6, 6.07) is 3.75. The van der Waals surface area contributed by atoms with E-state index >= 15 is 0 Å². The van der Waals surface area contributed by atoms with Gasteiger partial charge in [0.2, 0.25) is 0 Å². The van der Waals surface area contributed by atoms with Gasteiger partial charge in [0.05, 0.1) is 23.8 Å². The zero-order valence-electron chi connectivity index (χ0n) is 12.3. The first-order chi connectivity index (χ1) is 11.5. The van der Waals surface area contributed by atoms with Crippen molar-refractivity contribution in [2.45, 2.75) is 0 Å². The van der Waals surface area contributed by atoms with Gasteiger partial charge in [0, 0.05) is 23.8 Å². The fraction of sp³-hybridized carbons (Fsp3) is 0.0714. The number of nitro groups is 1. The largest absolute Gasteiger partial charge is 0.494 e. The van der Waals surface area contributed by atoms with E-state index in [0.717, 1.165) is 0 Å². The number of fused-ring (bicyclic) bond motifs is 1. The fourth-order valence-corrected chi connectivity index (χ4v) is 2.74. The monoisotopic (exact) mass is 346 g/mol. The van der Waals surface area contributed by atoms with Gasteiger partial charge < -0.3 is 10.1 Å². The number of amides is 1. The van der Waals surface area contributed by atoms with E-state index in [1.165, 1.54) is 53.4 Å². The standard InChI is InChI=1S/C14H10N4O5S/c1-23-11-6-8(18(21)22)2-3-10(11)16-12(19)9-7-15-14-17(13(9)20)4-5-24-14/h2-7H,1H3,(H,16,19). The van der Waals surface area contributed by atoms with E-state index in [0.29, 0.717) is 4.96 Å². The Labute approximate surface area is 138 Å². The summed E-state index contributed by atoms with van der Waals surface area (Å²) in [4.78, 5) is 39.3. The molecule has 10 heteroatoms. The highest BCUT2D eigenvalue weighted by atomic mass is 32.1. The third kappa shape index (κ3) is 2.70. The third-order valence-electron chi connectivity index (χ3n) is 3.23. The van der Waals surface area contributed by atoms with Crippen LogP contribution in [0.3, 0.4) is 0 Å². The Hall–Kier alpha value is -3.27. The quantitative estimate of drug-likeness (QED) is 0.570. The van der Waals surface area contributed by atoms with Crippen LogP contribution in [0.4, 0.5) is 11.4 Å². The molecule has 0 aliphatic carbocycles. The lowest BCUT2D eigenvalue weighted by molar-refractivity contribution is -0.384. The molecule has 0 atom stereocenters. The van der Waals surface area contributed by atoms with Crippen LogP contribution in [0.25, 0.3) is 4.96 Å². The van der Waals surface area contributed by atoms with E-state index in [2.05, 4.69) is 10.3 Å². The summed E-state index contributed by atoms with van der Waals surface area (Å²) in [6.07, 6.45) is 2.72. The molecule has 2 heterocycles. The second kappa shape index (κ2) is 6.08. The lowest BCUT2D eigenvalue weighted by Crippen LogP contribution is -2.26. The van der Waals surface area contributed by atoms with E-state index in [1.54, 1.807) is 5.38 Å². The number of ether oxygens (including phenoxy) is 1. The maximum atomic E-state index is 12.3. The van der Waals surface area contributed by atoms with Crippen LogP contribution in [0.15, 0.2) is 40.8 Å². The van der Waals surface area contributed by atoms with Gasteiger partial charge in [0.25, 0.3) is 17.2 Å². The molecule has 0 aliphatic heterocycles. The molecule has 0 unspecified atom stereocenters. The Kier molecular flexibility index (Phi) is 3.96. The highest BCUT2D eigenvalue weighted by Crippen LogP contribution is 2.29. The predicted octanol–water partition coefficient (Wildman–Crippen LogP) is 1.93. The molecule has 0 bridgehead atoms. The smallest absolute Gasteiger partial charge is 0.273 e. The van der Waals surface area contributed by atoms with Gasteiger partial charge in [-0.3, -0.25) is 24.1 Å². The van der Waals surface area contributed by atoms with E-state index < -0.39 is 16.4 Å². The normalized spacial score (nSPS) is 10.5. The van der Waals surface area contributed by atoms with E-state index in [-0.39, 0.29) is 22.7 Å². The number of benzene rings is 1. The lowest BCUT2D eigenvalue weighted by Gasteiger charge is -2.09. The van der Waals surface area contributed by atoms with Crippen LogP contribution < -0.4 is 15.6 Å². The number of aromatic nitrogens is 2. The average molecular weight is 346 g/mol. The van der Waals surface area contributed by atoms with Gasteiger partial charge in [-0.05, 0) is 6.07 Å². The maximum Gasteiger partial charge on any atom is 0.273 e. The van der Waals surface area contributed by atoms with Gasteiger partial charge in [-0.1, -0.05) is 0 Å². The van der Waals surface area contributed by atoms with Crippen molar-refractivity contribution in [1.82, 2.24) is 9.38 Å². The minimum Gasteiger partial charge on any atom is -0.494 e. The lowest BCUT2D eigenvalue weighted by atomic mass is 10.2. The number of nitrogens with zero attached hydrogens (tertiary/aromatic N) is 3. The second-order valence-corrected chi connectivity index (χ2v) is 5.50. The zero-order chi connectivity index (χ0) is 17.3. The Balaban J connectivity index is 1.95. The molecule has 0 aliphatic rings. The Morgan fingerprint density at radius 2 is 2.25 bits per heavy atom. The fourth-order valence-electron chi connectivity index (χ4n) is 2.07. The molecule has 1 amide bonds. The zero-order valence-corrected chi connectivity index (χ0v) is 13.1. The van der Waals surface area contributed by atoms with Gasteiger partial charge in [-0.2, -0.15) is 0 Å². The molecular weight excluding hydrogens is 336 g/mol. The van der Waals surface area contributed by atoms with Crippen LogP contribution in [0.5, 0.6) is 5.75 Å². The van der Waals surface area contributed by atoms with Crippen LogP contribution in [-0.4, -0.2) is 27.3 Å². The Morgan fingerprint density at radius 1 is 1.46 bits per heavy atom. The molecule has 3 aromatic rings. The molecule has 1 N–H and O–H groups in total. The summed E-state index contributed by atoms with van der Waals surface area (Å²) in [5, 5.41) is 15.0. The molecule has 0 fully saturated rings. The van der Waals surface area contributed by atoms with Crippen molar-refractivity contribution in [3.05, 3.63) is 62.0 Å². The minimum atomic E-state index is -0.680. The summed E-state index contributed by atoms with van der Waals surface area (Å²) >= 11 is 1.27. The molecule has 1 aromatic carbocycles. The van der Waals surface area contributed by atoms with E-state index in [1.807, 2.05) is 0 Å². The second-order valence-electron chi connectivity index (χ2n) is 4.63. The summed E-state index contributed by atoms with van der Waals surface area (Å²) < 4.78 is 6.32. The summed E-state index contributed by atoms with van der Waals surface area (Å²) in [5.74, 6) is -0.567. The van der Waals surface area contributed by atoms with Crippen molar-refractivity contribution in [2.24, 2.45) is 0 Å². The van der Waals surface area contributed by atoms with E-state index in [4.69, 9.17) is 4.74 Å². The molecule has 0 saturated carbocycles. The number of non-ortho nitro benzene ring substituents is 1. The number of methoxy groups -OCH3 is 1. The Morgan fingerprint density at radius 3 is 2.96 bits per heavy atom. The number of carbonyl (C=O) groups is 1. The number of carbonyl (C=O) groups excluding carboxylic acids is 1. The van der Waals surface area contributed by atoms with Gasteiger partial charge in [0.1, 0.15) is 11.3 Å². The molecule has 3 rings (SSSR count). The minimum absolute atomic E-state index is 0.113. The van der Waals surface area contributed by atoms with Crippen LogP contribution in [0.2, 0.25) is 0 Å². The summed E-state index contributed by atoms with van der Waals surface area (Å²) in [6.45, 7) is 0. The number of hydrogen-bond acceptors (Lipinski definition) is 7. The van der Waals surface area contributed by atoms with Crippen molar-refractivity contribution in [2.75, 3.05) is 12.4 Å². The van der Waals surface area contributed by atoms with Crippen molar-refractivity contribution < 1.29 is 14.5 Å². The van der Waals surface area contributed by atoms with Crippen molar-refractivity contribution in [1.29, 1.82) is 0 Å². The van der Waals surface area contributed by atoms with Crippen LogP contribution in [0.1, 0.15) is 10.4 Å². The third-order valence-corrected chi connectivity index (χ3v) is 4.00. The SMILES string of the molecule is COc1cc([N+](=O)[O-])ccc1NC(=O)c1cnc2sccn2c1=O. The molecule has 0 saturated heterocycles. The van der Waals surface area contributed by atoms with Crippen molar-refractivity contribution >= 4 is 33.6 Å². The number of hydrogen-bond donors (Lipinski definition) is 1. The highest BCUT2D eigenvalue weighted by Gasteiger charge is 2.17. The number of rotatable bonds is 4. The molecule has 0 radical (unpaired) electrons. The highest BCUT2D eigenvalue weighted by molar-refractivity contribution is 7.15. The molecule has 0 spiro atoms. The molecular formula is C14H10N4O5S. The first kappa shape index (κ1) is 15.6. The summed E-state index contributed by atoms with van der Waals surface area (Å²) in [5.41, 5.74) is -0.611. The van der Waals surface area contributed by atoms with Crippen molar-refractivity contribution in [3.8, 4) is 5.75 Å². The van der Waals surface area contributed by atoms with Crippen LogP contribution in [-0.2, 0) is 0 Å². The van der Waals surface area contributed by atoms with Crippen LogP contribution >= 0.6 is 11.3 Å². The number of nitrogens with one attached hydrogen (secondary N) is 1. The molecule has 9 nitrogen and oxygen atoms in total. The van der Waals surface area contributed by atoms with Gasteiger partial charge in [0.15, 0.2) is 4.96 Å². The average Bonchev–Trinajstić information content (AvgIpc) is 3.04. The van der Waals surface area contributed by atoms with Gasteiger partial charge >= 0.3 is 0 Å². The molecule has 122 valence electrons. The molecule has 24 heavy (non-hydrogen) atoms. The number of anilines is 1. The first-order valence-electron chi connectivity index (χ1n) is 6.60. The Bertz CT molecular complexity index is 1010. The van der Waals surface area contributed by atoms with Crippen molar-refractivity contribution in [3.63, 3.8) is 0 Å². The van der Waals surface area contributed by atoms with Gasteiger partial charge in [-0.25, -0.2) is 4.98 Å². The van der Waals surface area contributed by atoms with Crippen LogP contribution in [0, 0.1) is 10.1 Å². The number of nitro benzene ring substituents is 1. The van der Waals surface area contributed by atoms with E-state index in [9.17, 15) is 19.7 Å². The predicted molar refractivity (Wildman–Crippen MR) is 86.9 cm³/mol. The first-order valence-corrected chi connectivity index (χ1v) is 7.48. The summed E-state index contributed by atoms with van der Waals surface area (Å²) in [7, 11) is 1.32.